The van der Waals surface area contributed by atoms with Crippen molar-refractivity contribution in [3.63, 3.8) is 0 Å². The first-order chi connectivity index (χ1) is 10.7. The summed E-state index contributed by atoms with van der Waals surface area (Å²) < 4.78 is 5.25. The second-order valence-electron chi connectivity index (χ2n) is 5.31. The van der Waals surface area contributed by atoms with Gasteiger partial charge in [0.15, 0.2) is 0 Å². The first-order valence-corrected chi connectivity index (χ1v) is 7.15. The highest BCUT2D eigenvalue weighted by atomic mass is 16.5. The minimum atomic E-state index is -1.08. The highest BCUT2D eigenvalue weighted by molar-refractivity contribution is 5.71. The first kappa shape index (κ1) is 20.8. The quantitative estimate of drug-likeness (QED) is 0.339. The number of hydrogen-bond acceptors (Lipinski definition) is 5. The normalized spacial score (nSPS) is 10.9. The summed E-state index contributed by atoms with van der Waals surface area (Å²) in [7, 11) is 0. The molecule has 0 aliphatic carbocycles. The van der Waals surface area contributed by atoms with Crippen LogP contribution in [0.2, 0.25) is 0 Å². The van der Waals surface area contributed by atoms with Crippen LogP contribution in [0.15, 0.2) is 0 Å². The molecule has 132 valence electrons. The maximum absolute atomic E-state index is 10.6. The summed E-state index contributed by atoms with van der Waals surface area (Å²) in [5.41, 5.74) is 0. The molecule has 23 heavy (non-hydrogen) atoms. The van der Waals surface area contributed by atoms with E-state index >= 15 is 0 Å². The van der Waals surface area contributed by atoms with Gasteiger partial charge in [-0.15, -0.1) is 0 Å². The van der Waals surface area contributed by atoms with E-state index in [9.17, 15) is 19.2 Å². The van der Waals surface area contributed by atoms with Crippen LogP contribution in [0, 0.1) is 11.8 Å². The fourth-order valence-electron chi connectivity index (χ4n) is 2.14. The van der Waals surface area contributed by atoms with E-state index in [0.29, 0.717) is 0 Å². The van der Waals surface area contributed by atoms with Gasteiger partial charge in [0.25, 0.3) is 0 Å². The second-order valence-corrected chi connectivity index (χ2v) is 5.31. The molecule has 0 spiro atoms. The topological polar surface area (TPSA) is 158 Å². The van der Waals surface area contributed by atoms with Gasteiger partial charge >= 0.3 is 23.9 Å². The average molecular weight is 334 g/mol. The average Bonchev–Trinajstić information content (AvgIpc) is 2.34. The zero-order chi connectivity index (χ0) is 17.8. The lowest BCUT2D eigenvalue weighted by Gasteiger charge is -2.14. The number of hydrogen-bond donors (Lipinski definition) is 4. The number of rotatable bonds is 14. The zero-order valence-electron chi connectivity index (χ0n) is 12.6. The lowest BCUT2D eigenvalue weighted by atomic mass is 9.97. The molecule has 0 aromatic rings. The number of carboxylic acid groups (broad SMARTS) is 4. The fraction of sp³-hybridized carbons (Fsp3) is 0.714. The third kappa shape index (κ3) is 13.2. The van der Waals surface area contributed by atoms with Crippen molar-refractivity contribution < 1.29 is 44.3 Å². The van der Waals surface area contributed by atoms with Gasteiger partial charge in [-0.1, -0.05) is 0 Å². The van der Waals surface area contributed by atoms with Crippen molar-refractivity contribution >= 4 is 23.9 Å². The van der Waals surface area contributed by atoms with Gasteiger partial charge in [-0.25, -0.2) is 0 Å². The Balaban J connectivity index is 4.09. The van der Waals surface area contributed by atoms with Gasteiger partial charge in [-0.05, 0) is 24.7 Å². The van der Waals surface area contributed by atoms with Crippen LogP contribution in [0.1, 0.15) is 38.5 Å². The van der Waals surface area contributed by atoms with Gasteiger partial charge in [0.2, 0.25) is 0 Å². The Bertz CT molecular complexity index is 348. The minimum absolute atomic E-state index is 0.137. The molecule has 0 saturated heterocycles. The van der Waals surface area contributed by atoms with Crippen molar-refractivity contribution in [3.05, 3.63) is 0 Å². The summed E-state index contributed by atoms with van der Waals surface area (Å²) in [6.45, 7) is 0.274. The maximum atomic E-state index is 10.6. The van der Waals surface area contributed by atoms with Crippen molar-refractivity contribution in [2.75, 3.05) is 13.2 Å². The molecule has 0 amide bonds. The summed E-state index contributed by atoms with van der Waals surface area (Å²) in [6.07, 6.45) is -0.568. The smallest absolute Gasteiger partial charge is 0.303 e. The Kier molecular flexibility index (Phi) is 10.3. The molecule has 0 aromatic carbocycles. The highest BCUT2D eigenvalue weighted by Crippen LogP contribution is 2.16. The predicted molar refractivity (Wildman–Crippen MR) is 76.0 cm³/mol. The molecule has 0 saturated carbocycles. The lowest BCUT2D eigenvalue weighted by molar-refractivity contribution is -0.142. The molecule has 0 heterocycles. The van der Waals surface area contributed by atoms with E-state index in [-0.39, 0.29) is 51.7 Å². The van der Waals surface area contributed by atoms with E-state index in [1.807, 2.05) is 0 Å². The predicted octanol–water partition coefficient (Wildman–Crippen LogP) is 0.914. The molecule has 0 aliphatic heterocycles. The Morgan fingerprint density at radius 2 is 0.870 bits per heavy atom. The molecule has 9 nitrogen and oxygen atoms in total. The van der Waals surface area contributed by atoms with Crippen LogP contribution in [0.25, 0.3) is 0 Å². The van der Waals surface area contributed by atoms with Gasteiger partial charge in [-0.2, -0.15) is 0 Å². The monoisotopic (exact) mass is 334 g/mol. The van der Waals surface area contributed by atoms with Crippen LogP contribution in [0.5, 0.6) is 0 Å². The van der Waals surface area contributed by atoms with Gasteiger partial charge < -0.3 is 25.2 Å². The Hall–Kier alpha value is -2.16. The Morgan fingerprint density at radius 1 is 0.609 bits per heavy atom. The molecule has 0 atom stereocenters. The third-order valence-corrected chi connectivity index (χ3v) is 3.19. The van der Waals surface area contributed by atoms with Crippen molar-refractivity contribution in [2.24, 2.45) is 11.8 Å². The van der Waals surface area contributed by atoms with E-state index in [1.165, 1.54) is 0 Å². The van der Waals surface area contributed by atoms with Crippen molar-refractivity contribution in [3.8, 4) is 0 Å². The van der Waals surface area contributed by atoms with Crippen LogP contribution in [0.3, 0.4) is 0 Å². The van der Waals surface area contributed by atoms with E-state index in [0.717, 1.165) is 0 Å². The summed E-state index contributed by atoms with van der Waals surface area (Å²) in [5, 5.41) is 34.8. The van der Waals surface area contributed by atoms with E-state index < -0.39 is 35.7 Å². The van der Waals surface area contributed by atoms with Crippen LogP contribution in [-0.4, -0.2) is 57.5 Å². The maximum Gasteiger partial charge on any atom is 0.303 e. The molecule has 0 fully saturated rings. The molecule has 0 aliphatic rings. The zero-order valence-corrected chi connectivity index (χ0v) is 12.6. The molecule has 0 bridgehead atoms. The fourth-order valence-corrected chi connectivity index (χ4v) is 2.14. The van der Waals surface area contributed by atoms with Crippen molar-refractivity contribution in [2.45, 2.75) is 38.5 Å². The number of ether oxygens (including phenoxy) is 1. The Morgan fingerprint density at radius 3 is 1.09 bits per heavy atom. The number of aliphatic carboxylic acids is 4. The summed E-state index contributed by atoms with van der Waals surface area (Å²) >= 11 is 0. The summed E-state index contributed by atoms with van der Waals surface area (Å²) in [4.78, 5) is 42.5. The summed E-state index contributed by atoms with van der Waals surface area (Å²) in [5.74, 6) is -5.42. The molecule has 9 heteroatoms. The summed E-state index contributed by atoms with van der Waals surface area (Å²) in [6, 6.07) is 0. The van der Waals surface area contributed by atoms with Crippen LogP contribution in [-0.2, 0) is 23.9 Å². The van der Waals surface area contributed by atoms with E-state index in [1.54, 1.807) is 0 Å². The third-order valence-electron chi connectivity index (χ3n) is 3.19. The van der Waals surface area contributed by atoms with Gasteiger partial charge in [-0.3, -0.25) is 19.2 Å². The molecule has 4 N–H and O–H groups in total. The SMILES string of the molecule is O=C(O)CC(CCOCCC(CC(=O)O)CC(=O)O)CC(=O)O. The molecule has 0 rings (SSSR count). The van der Waals surface area contributed by atoms with E-state index in [2.05, 4.69) is 0 Å². The minimum Gasteiger partial charge on any atom is -0.481 e. The van der Waals surface area contributed by atoms with Crippen LogP contribution >= 0.6 is 0 Å². The molecular formula is C14H22O9. The Labute approximate surface area is 132 Å². The molecule has 0 radical (unpaired) electrons. The first-order valence-electron chi connectivity index (χ1n) is 7.15. The second kappa shape index (κ2) is 11.4. The van der Waals surface area contributed by atoms with Crippen molar-refractivity contribution in [1.29, 1.82) is 0 Å². The largest absolute Gasteiger partial charge is 0.481 e. The molecule has 0 unspecified atom stereocenters. The van der Waals surface area contributed by atoms with Gasteiger partial charge in [0.05, 0.1) is 0 Å². The number of carbonyl (C=O) groups is 4. The van der Waals surface area contributed by atoms with Crippen LogP contribution in [0.4, 0.5) is 0 Å². The highest BCUT2D eigenvalue weighted by Gasteiger charge is 2.18. The standard InChI is InChI=1S/C14H22O9/c15-11(16)5-9(6-12(17)18)1-3-23-4-2-10(7-13(19)20)8-14(21)22/h9-10H,1-8H2,(H,15,16)(H,17,18)(H,19,20)(H,21,22). The number of carboxylic acids is 4. The van der Waals surface area contributed by atoms with E-state index in [4.69, 9.17) is 25.2 Å². The van der Waals surface area contributed by atoms with Gasteiger partial charge in [0.1, 0.15) is 0 Å². The lowest BCUT2D eigenvalue weighted by Crippen LogP contribution is -2.17. The van der Waals surface area contributed by atoms with Crippen LogP contribution < -0.4 is 0 Å². The molecular weight excluding hydrogens is 312 g/mol. The van der Waals surface area contributed by atoms with Crippen molar-refractivity contribution in [1.82, 2.24) is 0 Å². The van der Waals surface area contributed by atoms with Gasteiger partial charge in [0, 0.05) is 38.9 Å². The molecule has 0 aromatic heterocycles.